The molecule has 2 heterocycles. The molecule has 0 saturated heterocycles. The van der Waals surface area contributed by atoms with Gasteiger partial charge in [0.05, 0.1) is 25.9 Å². The van der Waals surface area contributed by atoms with Gasteiger partial charge in [-0.15, -0.1) is 0 Å². The first-order valence-electron chi connectivity index (χ1n) is 6.02. The van der Waals surface area contributed by atoms with Crippen LogP contribution in [0.2, 0.25) is 0 Å². The van der Waals surface area contributed by atoms with Crippen molar-refractivity contribution < 1.29 is 23.4 Å². The minimum absolute atomic E-state index is 0.00741. The molecule has 1 aliphatic heterocycles. The third-order valence-electron chi connectivity index (χ3n) is 3.26. The van der Waals surface area contributed by atoms with Crippen molar-refractivity contribution in [2.45, 2.75) is 19.4 Å². The van der Waals surface area contributed by atoms with Gasteiger partial charge in [-0.3, -0.25) is 4.79 Å². The first kappa shape index (κ1) is 11.9. The standard InChI is InChI=1S/C14H14O5/c1-7-6-9(15)10-11(16-2)8-4-5-18-12(8)14(17-3)13(10)19-7/h4-5,7H,6H2,1-3H3. The fraction of sp³-hybridized carbons (Fsp3) is 0.357. The number of methoxy groups -OCH3 is 2. The summed E-state index contributed by atoms with van der Waals surface area (Å²) in [6.07, 6.45) is 1.68. The van der Waals surface area contributed by atoms with E-state index in [-0.39, 0.29) is 11.9 Å². The smallest absolute Gasteiger partial charge is 0.205 e. The summed E-state index contributed by atoms with van der Waals surface area (Å²) in [7, 11) is 3.05. The average Bonchev–Trinajstić information content (AvgIpc) is 2.84. The summed E-state index contributed by atoms with van der Waals surface area (Å²) in [6, 6.07) is 1.75. The van der Waals surface area contributed by atoms with Crippen molar-refractivity contribution in [2.24, 2.45) is 0 Å². The number of carbonyl (C=O) groups is 1. The van der Waals surface area contributed by atoms with Gasteiger partial charge in [0.15, 0.2) is 17.1 Å². The lowest BCUT2D eigenvalue weighted by Crippen LogP contribution is -2.25. The molecule has 0 bridgehead atoms. The van der Waals surface area contributed by atoms with E-state index in [1.54, 1.807) is 6.07 Å². The van der Waals surface area contributed by atoms with Gasteiger partial charge in [0.25, 0.3) is 0 Å². The Kier molecular flexibility index (Phi) is 2.62. The predicted octanol–water partition coefficient (Wildman–Crippen LogP) is 2.80. The molecule has 3 rings (SSSR count). The van der Waals surface area contributed by atoms with Crippen molar-refractivity contribution in [1.82, 2.24) is 0 Å². The van der Waals surface area contributed by atoms with Gasteiger partial charge in [0, 0.05) is 6.42 Å². The molecule has 0 radical (unpaired) electrons. The Morgan fingerprint density at radius 3 is 2.68 bits per heavy atom. The molecule has 0 N–H and O–H groups in total. The molecule has 1 aromatic heterocycles. The number of furan rings is 1. The van der Waals surface area contributed by atoms with E-state index < -0.39 is 0 Å². The Balaban J connectivity index is 2.42. The van der Waals surface area contributed by atoms with E-state index in [1.165, 1.54) is 20.5 Å². The molecule has 1 unspecified atom stereocenters. The third-order valence-corrected chi connectivity index (χ3v) is 3.26. The van der Waals surface area contributed by atoms with Crippen LogP contribution in [-0.4, -0.2) is 26.1 Å². The number of benzene rings is 1. The maximum Gasteiger partial charge on any atom is 0.205 e. The van der Waals surface area contributed by atoms with E-state index in [9.17, 15) is 4.79 Å². The zero-order valence-electron chi connectivity index (χ0n) is 11.0. The number of fused-ring (bicyclic) bond motifs is 2. The zero-order chi connectivity index (χ0) is 13.6. The summed E-state index contributed by atoms with van der Waals surface area (Å²) < 4.78 is 21.9. The topological polar surface area (TPSA) is 57.9 Å². The van der Waals surface area contributed by atoms with Gasteiger partial charge in [-0.25, -0.2) is 0 Å². The van der Waals surface area contributed by atoms with Gasteiger partial charge in [-0.05, 0) is 13.0 Å². The van der Waals surface area contributed by atoms with Crippen molar-refractivity contribution >= 4 is 16.8 Å². The minimum Gasteiger partial charge on any atom is -0.495 e. The zero-order valence-corrected chi connectivity index (χ0v) is 11.0. The van der Waals surface area contributed by atoms with E-state index in [4.69, 9.17) is 18.6 Å². The Morgan fingerprint density at radius 1 is 1.26 bits per heavy atom. The van der Waals surface area contributed by atoms with Gasteiger partial charge in [0.2, 0.25) is 5.75 Å². The molecule has 19 heavy (non-hydrogen) atoms. The Labute approximate surface area is 110 Å². The fourth-order valence-corrected chi connectivity index (χ4v) is 2.49. The highest BCUT2D eigenvalue weighted by Gasteiger charge is 2.33. The van der Waals surface area contributed by atoms with Crippen LogP contribution in [0.4, 0.5) is 0 Å². The molecule has 5 nitrogen and oxygen atoms in total. The molecule has 0 amide bonds. The SMILES string of the molecule is COc1c2c(c(OC)c3occc13)OC(C)CC2=O. The number of ether oxygens (including phenoxy) is 3. The van der Waals surface area contributed by atoms with E-state index in [2.05, 4.69) is 0 Å². The molecule has 0 spiro atoms. The van der Waals surface area contributed by atoms with Crippen LogP contribution < -0.4 is 14.2 Å². The lowest BCUT2D eigenvalue weighted by Gasteiger charge is -2.25. The molecule has 1 aliphatic rings. The van der Waals surface area contributed by atoms with Gasteiger partial charge >= 0.3 is 0 Å². The lowest BCUT2D eigenvalue weighted by atomic mass is 9.98. The first-order chi connectivity index (χ1) is 9.17. The third kappa shape index (κ3) is 1.58. The second-order valence-corrected chi connectivity index (χ2v) is 4.49. The summed E-state index contributed by atoms with van der Waals surface area (Å²) >= 11 is 0. The van der Waals surface area contributed by atoms with E-state index >= 15 is 0 Å². The van der Waals surface area contributed by atoms with E-state index in [0.29, 0.717) is 40.2 Å². The summed E-state index contributed by atoms with van der Waals surface area (Å²) in [4.78, 5) is 12.3. The highest BCUT2D eigenvalue weighted by molar-refractivity contribution is 6.10. The minimum atomic E-state index is -0.189. The maximum absolute atomic E-state index is 12.3. The van der Waals surface area contributed by atoms with Crippen LogP contribution in [0.25, 0.3) is 11.0 Å². The van der Waals surface area contributed by atoms with Crippen molar-refractivity contribution in [2.75, 3.05) is 14.2 Å². The molecule has 1 atom stereocenters. The molecule has 0 fully saturated rings. The van der Waals surface area contributed by atoms with Crippen LogP contribution in [0, 0.1) is 0 Å². The molecular weight excluding hydrogens is 248 g/mol. The molecule has 100 valence electrons. The number of carbonyl (C=O) groups excluding carboxylic acids is 1. The highest BCUT2D eigenvalue weighted by Crippen LogP contribution is 2.48. The van der Waals surface area contributed by atoms with Crippen LogP contribution in [0.15, 0.2) is 16.7 Å². The Morgan fingerprint density at radius 2 is 2.00 bits per heavy atom. The van der Waals surface area contributed by atoms with E-state index in [1.807, 2.05) is 6.92 Å². The number of Topliss-reactive ketones (excluding diaryl/α,β-unsaturated/α-hetero) is 1. The van der Waals surface area contributed by atoms with Crippen molar-refractivity contribution in [1.29, 1.82) is 0 Å². The van der Waals surface area contributed by atoms with Gasteiger partial charge in [-0.2, -0.15) is 0 Å². The summed E-state index contributed by atoms with van der Waals surface area (Å²) in [5.41, 5.74) is 0.964. The number of hydrogen-bond donors (Lipinski definition) is 0. The van der Waals surface area contributed by atoms with Crippen LogP contribution in [0.3, 0.4) is 0 Å². The monoisotopic (exact) mass is 262 g/mol. The highest BCUT2D eigenvalue weighted by atomic mass is 16.5. The summed E-state index contributed by atoms with van der Waals surface area (Å²) in [5.74, 6) is 1.32. The largest absolute Gasteiger partial charge is 0.495 e. The van der Waals surface area contributed by atoms with Crippen molar-refractivity contribution in [3.05, 3.63) is 17.9 Å². The van der Waals surface area contributed by atoms with Gasteiger partial charge < -0.3 is 18.6 Å². The fourth-order valence-electron chi connectivity index (χ4n) is 2.49. The number of hydrogen-bond acceptors (Lipinski definition) is 5. The van der Waals surface area contributed by atoms with E-state index in [0.717, 1.165) is 0 Å². The molecular formula is C14H14O5. The normalized spacial score (nSPS) is 18.1. The number of ketones is 1. The molecule has 2 aromatic rings. The predicted molar refractivity (Wildman–Crippen MR) is 68.4 cm³/mol. The molecule has 1 aromatic carbocycles. The van der Waals surface area contributed by atoms with Crippen molar-refractivity contribution in [3.63, 3.8) is 0 Å². The summed E-state index contributed by atoms with van der Waals surface area (Å²) in [5, 5.41) is 0.713. The second-order valence-electron chi connectivity index (χ2n) is 4.49. The Hall–Kier alpha value is -2.17. The first-order valence-corrected chi connectivity index (χ1v) is 6.02. The van der Waals surface area contributed by atoms with Gasteiger partial charge in [0.1, 0.15) is 17.4 Å². The second kappa shape index (κ2) is 4.19. The summed E-state index contributed by atoms with van der Waals surface area (Å²) in [6.45, 7) is 1.85. The van der Waals surface area contributed by atoms with Crippen LogP contribution in [0.5, 0.6) is 17.2 Å². The maximum atomic E-state index is 12.3. The average molecular weight is 262 g/mol. The molecule has 5 heteroatoms. The van der Waals surface area contributed by atoms with Crippen LogP contribution >= 0.6 is 0 Å². The molecule has 0 saturated carbocycles. The van der Waals surface area contributed by atoms with Crippen LogP contribution in [0.1, 0.15) is 23.7 Å². The van der Waals surface area contributed by atoms with Crippen molar-refractivity contribution in [3.8, 4) is 17.2 Å². The Bertz CT molecular complexity index is 655. The quantitative estimate of drug-likeness (QED) is 0.832. The lowest BCUT2D eigenvalue weighted by molar-refractivity contribution is 0.0860. The number of rotatable bonds is 2. The van der Waals surface area contributed by atoms with Gasteiger partial charge in [-0.1, -0.05) is 0 Å². The van der Waals surface area contributed by atoms with Crippen LogP contribution in [-0.2, 0) is 0 Å². The molecule has 0 aliphatic carbocycles.